The Morgan fingerprint density at radius 3 is 1.84 bits per heavy atom. The maximum absolute atomic E-state index is 14.6. The zero-order chi connectivity index (χ0) is 44.9. The van der Waals surface area contributed by atoms with Crippen LogP contribution >= 0.6 is 11.3 Å². The van der Waals surface area contributed by atoms with E-state index in [-0.39, 0.29) is 44.9 Å². The first-order valence-electron chi connectivity index (χ1n) is 20.8. The molecule has 1 aromatic heterocycles. The van der Waals surface area contributed by atoms with Crippen molar-refractivity contribution in [2.45, 2.75) is 82.5 Å². The van der Waals surface area contributed by atoms with E-state index in [1.54, 1.807) is 36.4 Å². The fourth-order valence-electron chi connectivity index (χ4n) is 7.22. The normalized spacial score (nSPS) is 19.4. The maximum Gasteiger partial charge on any atom is 0.328 e. The molecular formula is C49H51N5O8S. The van der Waals surface area contributed by atoms with Gasteiger partial charge in [0.15, 0.2) is 5.78 Å². The number of Topliss-reactive ketones (excluding diaryl/α,β-unsaturated/α-hetero) is 1. The molecule has 13 nitrogen and oxygen atoms in total. The number of nitrogens with one attached hydrogen (secondary N) is 5. The van der Waals surface area contributed by atoms with Crippen LogP contribution in [0, 0.1) is 5.92 Å². The predicted octanol–water partition coefficient (Wildman–Crippen LogP) is 5.43. The molecule has 0 saturated heterocycles. The molecule has 0 spiro atoms. The number of rotatable bonds is 10. The zero-order valence-electron chi connectivity index (χ0n) is 35.1. The lowest BCUT2D eigenvalue weighted by Crippen LogP contribution is -2.57. The molecule has 6 N–H and O–H groups in total. The average Bonchev–Trinajstić information content (AvgIpc) is 3.79. The third-order valence-electron chi connectivity index (χ3n) is 10.8. The largest absolute Gasteiger partial charge is 0.480 e. The molecule has 2 aliphatic heterocycles. The molecule has 3 heterocycles. The van der Waals surface area contributed by atoms with Gasteiger partial charge in [-0.2, -0.15) is 0 Å². The van der Waals surface area contributed by atoms with E-state index in [1.165, 1.54) is 25.2 Å². The van der Waals surface area contributed by atoms with Crippen LogP contribution in [0.4, 0.5) is 5.69 Å². The molecule has 63 heavy (non-hydrogen) atoms. The third-order valence-corrected chi connectivity index (χ3v) is 11.7. The van der Waals surface area contributed by atoms with E-state index < -0.39 is 70.9 Å². The van der Waals surface area contributed by atoms with Crippen molar-refractivity contribution in [2.75, 3.05) is 5.32 Å². The molecule has 5 aromatic rings. The van der Waals surface area contributed by atoms with Crippen molar-refractivity contribution < 1.29 is 38.7 Å². The number of aliphatic carboxylic acids is 1. The molecule has 0 radical (unpaired) electrons. The van der Waals surface area contributed by atoms with Gasteiger partial charge in [-0.25, -0.2) is 4.79 Å². The number of fused-ring (bicyclic) bond motifs is 18. The summed E-state index contributed by atoms with van der Waals surface area (Å²) in [6.07, 6.45) is -0.561. The summed E-state index contributed by atoms with van der Waals surface area (Å²) in [7, 11) is 0. The summed E-state index contributed by atoms with van der Waals surface area (Å²) in [6, 6.07) is 33.1. The first-order chi connectivity index (χ1) is 30.2. The topological polar surface area (TPSA) is 200 Å². The van der Waals surface area contributed by atoms with Crippen molar-refractivity contribution in [3.05, 3.63) is 148 Å². The van der Waals surface area contributed by atoms with Crippen LogP contribution in [0.2, 0.25) is 0 Å². The number of amides is 5. The van der Waals surface area contributed by atoms with Gasteiger partial charge < -0.3 is 31.7 Å². The Morgan fingerprint density at radius 2 is 1.21 bits per heavy atom. The number of anilines is 1. The van der Waals surface area contributed by atoms with Gasteiger partial charge in [-0.1, -0.05) is 103 Å². The maximum atomic E-state index is 14.6. The molecule has 0 fully saturated rings. The van der Waals surface area contributed by atoms with Gasteiger partial charge in [0.25, 0.3) is 0 Å². The number of hydrogen-bond donors (Lipinski definition) is 6. The van der Waals surface area contributed by atoms with E-state index in [1.807, 2.05) is 90.3 Å². The summed E-state index contributed by atoms with van der Waals surface area (Å²) in [5.41, 5.74) is 2.78. The van der Waals surface area contributed by atoms with Crippen LogP contribution in [0.15, 0.2) is 127 Å². The molecule has 326 valence electrons. The van der Waals surface area contributed by atoms with Gasteiger partial charge in [-0.15, -0.1) is 11.3 Å². The highest BCUT2D eigenvalue weighted by Gasteiger charge is 2.36. The minimum atomic E-state index is -1.66. The van der Waals surface area contributed by atoms with Crippen LogP contribution in [0.5, 0.6) is 0 Å². The Balaban J connectivity index is 1.37. The fourth-order valence-corrected chi connectivity index (χ4v) is 7.97. The van der Waals surface area contributed by atoms with Crippen molar-refractivity contribution in [1.82, 2.24) is 21.3 Å². The molecule has 14 heteroatoms. The predicted molar refractivity (Wildman–Crippen MR) is 241 cm³/mol. The number of carbonyl (C=O) groups excluding carboxylic acids is 6. The highest BCUT2D eigenvalue weighted by molar-refractivity contribution is 7.09. The standard InChI is InChI=1S/C49H51N5O8S/c1-49(2,48(61)62)54-45(58)36-26-32-17-21-37(22-18-32)50-43(56)23-24-44(57)51-41(30-38-14-9-25-63-38)47(60)53-40(28-33-15-19-35(20-16-33)34-12-7-4-8-13-34)46(59)52-39(42(55)29-36)27-31-10-5-3-6-11-31/h3-22,25,36,39-41H,23-24,26-30H2,1-2H3,(H,50,56)(H,51,57)(H,52,59)(H,53,60)(H,54,58)(H,61,62)/t36-,39-,40+,41-/m1/s1. The van der Waals surface area contributed by atoms with E-state index in [9.17, 15) is 38.7 Å². The molecule has 4 atom stereocenters. The van der Waals surface area contributed by atoms with Crippen LogP contribution in [-0.4, -0.2) is 70.1 Å². The highest BCUT2D eigenvalue weighted by Crippen LogP contribution is 2.22. The molecule has 2 aliphatic rings. The summed E-state index contributed by atoms with van der Waals surface area (Å²) in [4.78, 5) is 96.6. The number of carbonyl (C=O) groups is 7. The number of benzene rings is 4. The second kappa shape index (κ2) is 21.2. The summed E-state index contributed by atoms with van der Waals surface area (Å²) in [5.74, 6) is -5.78. The summed E-state index contributed by atoms with van der Waals surface area (Å²) < 4.78 is 0. The monoisotopic (exact) mass is 869 g/mol. The van der Waals surface area contributed by atoms with Gasteiger partial charge in [0.2, 0.25) is 29.5 Å². The molecule has 5 amide bonds. The minimum absolute atomic E-state index is 0.0177. The van der Waals surface area contributed by atoms with Crippen molar-refractivity contribution in [3.63, 3.8) is 0 Å². The number of carboxylic acid groups (broad SMARTS) is 1. The second-order valence-electron chi connectivity index (χ2n) is 16.2. The minimum Gasteiger partial charge on any atom is -0.480 e. The van der Waals surface area contributed by atoms with E-state index in [4.69, 9.17) is 0 Å². The first kappa shape index (κ1) is 45.6. The van der Waals surface area contributed by atoms with E-state index in [0.717, 1.165) is 21.6 Å². The zero-order valence-corrected chi connectivity index (χ0v) is 35.9. The number of thiophene rings is 1. The van der Waals surface area contributed by atoms with Gasteiger partial charge in [0, 0.05) is 48.6 Å². The van der Waals surface area contributed by atoms with Crippen molar-refractivity contribution in [2.24, 2.45) is 5.92 Å². The van der Waals surface area contributed by atoms with Gasteiger partial charge in [-0.05, 0) is 78.1 Å². The fraction of sp³-hybridized carbons (Fsp3) is 0.286. The van der Waals surface area contributed by atoms with E-state index >= 15 is 0 Å². The van der Waals surface area contributed by atoms with Gasteiger partial charge in [-0.3, -0.25) is 28.8 Å². The van der Waals surface area contributed by atoms with Crippen LogP contribution in [0.25, 0.3) is 11.1 Å². The number of hydrogen-bond acceptors (Lipinski definition) is 8. The Morgan fingerprint density at radius 1 is 0.635 bits per heavy atom. The SMILES string of the molecule is CC(C)(NC(=O)[C@H]1CC(=O)[C@@H](Cc2ccccc2)NC(=O)[C@H](Cc2ccc(-c3ccccc3)cc2)NC(=O)[C@@H](Cc2cccs2)NC(=O)CCC(=O)Nc2ccc(cc2)C1)C(=O)O. The van der Waals surface area contributed by atoms with Crippen molar-refractivity contribution in [1.29, 1.82) is 0 Å². The number of ketones is 1. The lowest BCUT2D eigenvalue weighted by Gasteiger charge is -2.27. The molecule has 7 rings (SSSR count). The molecule has 2 bridgehead atoms. The lowest BCUT2D eigenvalue weighted by atomic mass is 9.88. The molecule has 0 unspecified atom stereocenters. The first-order valence-corrected chi connectivity index (χ1v) is 21.7. The van der Waals surface area contributed by atoms with Crippen molar-refractivity contribution >= 4 is 58.3 Å². The average molecular weight is 870 g/mol. The Bertz CT molecular complexity index is 2390. The Labute approximate surface area is 370 Å². The van der Waals surface area contributed by atoms with Crippen LogP contribution in [0.1, 0.15) is 54.7 Å². The summed E-state index contributed by atoms with van der Waals surface area (Å²) in [6.45, 7) is 2.69. The van der Waals surface area contributed by atoms with E-state index in [2.05, 4.69) is 26.6 Å². The Kier molecular flexibility index (Phi) is 15.4. The summed E-state index contributed by atoms with van der Waals surface area (Å²) >= 11 is 1.40. The molecule has 0 aliphatic carbocycles. The molecule has 4 aromatic carbocycles. The smallest absolute Gasteiger partial charge is 0.328 e. The van der Waals surface area contributed by atoms with Gasteiger partial charge >= 0.3 is 5.97 Å². The van der Waals surface area contributed by atoms with E-state index in [0.29, 0.717) is 16.8 Å². The van der Waals surface area contributed by atoms with Gasteiger partial charge in [0.05, 0.1) is 6.04 Å². The highest BCUT2D eigenvalue weighted by atomic mass is 32.1. The lowest BCUT2D eigenvalue weighted by molar-refractivity contribution is -0.147. The number of carboxylic acids is 1. The molecular weight excluding hydrogens is 819 g/mol. The molecule has 0 saturated carbocycles. The second-order valence-corrected chi connectivity index (χ2v) is 17.3. The van der Waals surface area contributed by atoms with Crippen LogP contribution in [-0.2, 0) is 59.2 Å². The Hall–Kier alpha value is -6.93. The van der Waals surface area contributed by atoms with Crippen molar-refractivity contribution in [3.8, 4) is 11.1 Å². The van der Waals surface area contributed by atoms with Crippen LogP contribution in [0.3, 0.4) is 0 Å². The third kappa shape index (κ3) is 13.3. The quantitative estimate of drug-likeness (QED) is 0.0999. The van der Waals surface area contributed by atoms with Crippen LogP contribution < -0.4 is 26.6 Å². The summed E-state index contributed by atoms with van der Waals surface area (Å²) in [5, 5.41) is 25.6. The van der Waals surface area contributed by atoms with Gasteiger partial charge in [0.1, 0.15) is 17.6 Å².